The second-order valence-corrected chi connectivity index (χ2v) is 5.52. The zero-order valence-corrected chi connectivity index (χ0v) is 11.9. The van der Waals surface area contributed by atoms with Crippen LogP contribution in [0.3, 0.4) is 0 Å². The number of hydrogen-bond donors (Lipinski definition) is 0. The molecule has 0 aromatic rings. The maximum absolute atomic E-state index is 12.3. The number of ether oxygens (including phenoxy) is 1. The van der Waals surface area contributed by atoms with Gasteiger partial charge in [-0.3, -0.25) is 19.4 Å². The minimum absolute atomic E-state index is 0.171. The fourth-order valence-electron chi connectivity index (χ4n) is 2.40. The van der Waals surface area contributed by atoms with Gasteiger partial charge in [0.25, 0.3) is 0 Å². The van der Waals surface area contributed by atoms with Crippen molar-refractivity contribution in [2.45, 2.75) is 33.6 Å². The Hall–Kier alpha value is -1.52. The number of aliphatic imine (C=N–C) groups is 1. The average molecular weight is 267 g/mol. The molecular weight excluding hydrogens is 246 g/mol. The number of nitrogens with zero attached hydrogens (tertiary/aromatic N) is 1. The minimum atomic E-state index is -0.899. The molecule has 19 heavy (non-hydrogen) atoms. The van der Waals surface area contributed by atoms with Crippen LogP contribution in [0.15, 0.2) is 4.99 Å². The summed E-state index contributed by atoms with van der Waals surface area (Å²) in [5.74, 6) is -2.93. The van der Waals surface area contributed by atoms with Crippen LogP contribution < -0.4 is 0 Å². The van der Waals surface area contributed by atoms with E-state index in [2.05, 4.69) is 9.73 Å². The maximum Gasteiger partial charge on any atom is 0.316 e. The van der Waals surface area contributed by atoms with Crippen molar-refractivity contribution in [1.82, 2.24) is 0 Å². The van der Waals surface area contributed by atoms with Gasteiger partial charge in [0.1, 0.15) is 17.6 Å². The van der Waals surface area contributed by atoms with Crippen LogP contribution >= 0.6 is 0 Å². The first-order valence-corrected chi connectivity index (χ1v) is 6.49. The number of carbonyl (C=O) groups is 3. The molecule has 0 radical (unpaired) electrons. The van der Waals surface area contributed by atoms with Crippen molar-refractivity contribution in [2.75, 3.05) is 13.7 Å². The summed E-state index contributed by atoms with van der Waals surface area (Å²) in [5.41, 5.74) is -0.698. The van der Waals surface area contributed by atoms with Gasteiger partial charge in [-0.15, -0.1) is 0 Å². The van der Waals surface area contributed by atoms with Crippen molar-refractivity contribution in [1.29, 1.82) is 0 Å². The molecule has 1 aliphatic carbocycles. The molecule has 0 heterocycles. The molecule has 1 rings (SSSR count). The van der Waals surface area contributed by atoms with Gasteiger partial charge in [0.2, 0.25) is 0 Å². The topological polar surface area (TPSA) is 72.8 Å². The van der Waals surface area contributed by atoms with Crippen LogP contribution in [0.4, 0.5) is 0 Å². The SMILES string of the molecule is CCCN=CC1C(=O)CC(C)(C)[C@H](C(=O)OC)C1=O. The lowest BCUT2D eigenvalue weighted by Crippen LogP contribution is -2.50. The first-order valence-electron chi connectivity index (χ1n) is 6.49. The molecule has 0 bridgehead atoms. The zero-order chi connectivity index (χ0) is 14.6. The molecule has 0 aromatic heterocycles. The first-order chi connectivity index (χ1) is 8.85. The fourth-order valence-corrected chi connectivity index (χ4v) is 2.40. The number of ketones is 2. The van der Waals surface area contributed by atoms with Gasteiger partial charge in [0.05, 0.1) is 7.11 Å². The van der Waals surface area contributed by atoms with E-state index in [1.165, 1.54) is 13.3 Å². The van der Waals surface area contributed by atoms with Crippen LogP contribution in [0, 0.1) is 17.3 Å². The fraction of sp³-hybridized carbons (Fsp3) is 0.714. The molecule has 0 aromatic carbocycles. The number of rotatable bonds is 4. The molecule has 5 heteroatoms. The molecule has 1 unspecified atom stereocenters. The monoisotopic (exact) mass is 267 g/mol. The van der Waals surface area contributed by atoms with Crippen molar-refractivity contribution < 1.29 is 19.1 Å². The van der Waals surface area contributed by atoms with Crippen molar-refractivity contribution >= 4 is 23.8 Å². The van der Waals surface area contributed by atoms with Gasteiger partial charge in [-0.2, -0.15) is 0 Å². The molecule has 2 atom stereocenters. The molecule has 106 valence electrons. The lowest BCUT2D eigenvalue weighted by atomic mass is 9.64. The van der Waals surface area contributed by atoms with E-state index in [-0.39, 0.29) is 12.2 Å². The molecule has 0 N–H and O–H groups in total. The number of hydrogen-bond acceptors (Lipinski definition) is 5. The Kier molecular flexibility index (Phi) is 4.97. The van der Waals surface area contributed by atoms with Crippen molar-refractivity contribution in [3.05, 3.63) is 0 Å². The lowest BCUT2D eigenvalue weighted by Gasteiger charge is -2.37. The van der Waals surface area contributed by atoms with Crippen molar-refractivity contribution in [3.8, 4) is 0 Å². The summed E-state index contributed by atoms with van der Waals surface area (Å²) in [5, 5.41) is 0. The second kappa shape index (κ2) is 6.08. The number of methoxy groups -OCH3 is 1. The standard InChI is InChI=1S/C14H21NO4/c1-5-6-15-8-9-10(16)7-14(2,3)11(12(9)17)13(18)19-4/h8-9,11H,5-7H2,1-4H3/t9?,11-/m0/s1. The van der Waals surface area contributed by atoms with E-state index >= 15 is 0 Å². The molecule has 1 saturated carbocycles. The normalized spacial score (nSPS) is 26.7. The molecule has 0 spiro atoms. The summed E-state index contributed by atoms with van der Waals surface area (Å²) in [6.07, 6.45) is 2.41. The molecule has 1 aliphatic rings. The Balaban J connectivity index is 3.01. The second-order valence-electron chi connectivity index (χ2n) is 5.52. The van der Waals surface area contributed by atoms with E-state index in [9.17, 15) is 14.4 Å². The lowest BCUT2D eigenvalue weighted by molar-refractivity contribution is -0.159. The van der Waals surface area contributed by atoms with Gasteiger partial charge in [-0.25, -0.2) is 0 Å². The Morgan fingerprint density at radius 2 is 2.11 bits per heavy atom. The highest BCUT2D eigenvalue weighted by molar-refractivity contribution is 6.21. The molecule has 1 fully saturated rings. The smallest absolute Gasteiger partial charge is 0.316 e. The van der Waals surface area contributed by atoms with Crippen LogP contribution in [-0.2, 0) is 19.1 Å². The summed E-state index contributed by atoms with van der Waals surface area (Å²) in [7, 11) is 1.25. The largest absolute Gasteiger partial charge is 0.468 e. The van der Waals surface area contributed by atoms with Gasteiger partial charge in [-0.05, 0) is 11.8 Å². The molecular formula is C14H21NO4. The van der Waals surface area contributed by atoms with Crippen LogP contribution in [0.25, 0.3) is 0 Å². The third-order valence-electron chi connectivity index (χ3n) is 3.39. The van der Waals surface area contributed by atoms with E-state index in [1.54, 1.807) is 13.8 Å². The van der Waals surface area contributed by atoms with E-state index in [4.69, 9.17) is 0 Å². The Labute approximate surface area is 113 Å². The summed E-state index contributed by atoms with van der Waals surface area (Å²) < 4.78 is 4.69. The number of Topliss-reactive ketones (excluding diaryl/α,β-unsaturated/α-hetero) is 2. The van der Waals surface area contributed by atoms with Crippen molar-refractivity contribution in [2.24, 2.45) is 22.2 Å². The number of carbonyl (C=O) groups excluding carboxylic acids is 3. The predicted molar refractivity (Wildman–Crippen MR) is 71.1 cm³/mol. The Bertz CT molecular complexity index is 412. The summed E-state index contributed by atoms with van der Waals surface area (Å²) >= 11 is 0. The molecule has 0 amide bonds. The van der Waals surface area contributed by atoms with Gasteiger partial charge < -0.3 is 4.74 Å². The predicted octanol–water partition coefficient (Wildman–Crippen LogP) is 1.44. The summed E-state index contributed by atoms with van der Waals surface area (Å²) in [4.78, 5) is 40.2. The quantitative estimate of drug-likeness (QED) is 0.439. The third-order valence-corrected chi connectivity index (χ3v) is 3.39. The van der Waals surface area contributed by atoms with Gasteiger partial charge in [0.15, 0.2) is 5.78 Å². The highest BCUT2D eigenvalue weighted by Crippen LogP contribution is 2.39. The van der Waals surface area contributed by atoms with Crippen LogP contribution in [-0.4, -0.2) is 37.4 Å². The number of esters is 1. The summed E-state index contributed by atoms with van der Waals surface area (Å²) in [6, 6.07) is 0. The highest BCUT2D eigenvalue weighted by Gasteiger charge is 2.51. The average Bonchev–Trinajstić information content (AvgIpc) is 2.31. The van der Waals surface area contributed by atoms with Gasteiger partial charge >= 0.3 is 5.97 Å². The molecule has 0 aliphatic heterocycles. The highest BCUT2D eigenvalue weighted by atomic mass is 16.5. The van der Waals surface area contributed by atoms with Gasteiger partial charge in [-0.1, -0.05) is 20.8 Å². The third kappa shape index (κ3) is 3.28. The van der Waals surface area contributed by atoms with E-state index in [0.717, 1.165) is 6.42 Å². The Morgan fingerprint density at radius 1 is 1.47 bits per heavy atom. The first kappa shape index (κ1) is 15.5. The van der Waals surface area contributed by atoms with Crippen LogP contribution in [0.1, 0.15) is 33.6 Å². The minimum Gasteiger partial charge on any atom is -0.468 e. The summed E-state index contributed by atoms with van der Waals surface area (Å²) in [6.45, 7) is 6.01. The van der Waals surface area contributed by atoms with Gasteiger partial charge in [0, 0.05) is 19.2 Å². The van der Waals surface area contributed by atoms with Crippen molar-refractivity contribution in [3.63, 3.8) is 0 Å². The van der Waals surface area contributed by atoms with Crippen LogP contribution in [0.5, 0.6) is 0 Å². The molecule has 0 saturated heterocycles. The maximum atomic E-state index is 12.3. The van der Waals surface area contributed by atoms with Crippen LogP contribution in [0.2, 0.25) is 0 Å². The zero-order valence-electron chi connectivity index (χ0n) is 11.9. The van der Waals surface area contributed by atoms with E-state index in [0.29, 0.717) is 6.54 Å². The molecule has 5 nitrogen and oxygen atoms in total. The van der Waals surface area contributed by atoms with E-state index < -0.39 is 29.0 Å². The van der Waals surface area contributed by atoms with E-state index in [1.807, 2.05) is 6.92 Å². The Morgan fingerprint density at radius 3 is 2.63 bits per heavy atom.